The van der Waals surface area contributed by atoms with Crippen molar-refractivity contribution in [3.8, 4) is 0 Å². The Morgan fingerprint density at radius 1 is 1.06 bits per heavy atom. The highest BCUT2D eigenvalue weighted by atomic mass is 14.9. The second-order valence-corrected chi connectivity index (χ2v) is 4.09. The number of rotatable bonds is 2. The van der Waals surface area contributed by atoms with Crippen LogP contribution in [0.25, 0.3) is 11.0 Å². The molecule has 0 aliphatic carbocycles. The Labute approximate surface area is 99.5 Å². The summed E-state index contributed by atoms with van der Waals surface area (Å²) in [6.07, 6.45) is 3.70. The van der Waals surface area contributed by atoms with Crippen molar-refractivity contribution in [2.75, 3.05) is 5.32 Å². The fourth-order valence-corrected chi connectivity index (χ4v) is 1.86. The van der Waals surface area contributed by atoms with E-state index in [2.05, 4.69) is 46.5 Å². The first-order valence-electron chi connectivity index (χ1n) is 5.59. The molecule has 3 nitrogen and oxygen atoms in total. The van der Waals surface area contributed by atoms with Crippen LogP contribution in [-0.2, 0) is 0 Å². The Morgan fingerprint density at radius 3 is 2.71 bits per heavy atom. The van der Waals surface area contributed by atoms with Gasteiger partial charge in [-0.2, -0.15) is 0 Å². The smallest absolute Gasteiger partial charge is 0.139 e. The van der Waals surface area contributed by atoms with Crippen LogP contribution >= 0.6 is 0 Å². The van der Waals surface area contributed by atoms with Gasteiger partial charge in [-0.25, -0.2) is 4.98 Å². The van der Waals surface area contributed by atoms with Gasteiger partial charge in [-0.05, 0) is 31.2 Å². The van der Waals surface area contributed by atoms with Crippen LogP contribution in [0.3, 0.4) is 0 Å². The van der Waals surface area contributed by atoms with Gasteiger partial charge in [0, 0.05) is 23.5 Å². The zero-order chi connectivity index (χ0) is 11.7. The van der Waals surface area contributed by atoms with Crippen LogP contribution in [0.5, 0.6) is 0 Å². The third-order valence-corrected chi connectivity index (χ3v) is 2.79. The van der Waals surface area contributed by atoms with Crippen molar-refractivity contribution in [2.45, 2.75) is 6.92 Å². The van der Waals surface area contributed by atoms with E-state index < -0.39 is 0 Å². The lowest BCUT2D eigenvalue weighted by Gasteiger charge is -2.07. The summed E-state index contributed by atoms with van der Waals surface area (Å²) < 4.78 is 0. The van der Waals surface area contributed by atoms with Crippen molar-refractivity contribution in [1.82, 2.24) is 9.97 Å². The number of anilines is 2. The largest absolute Gasteiger partial charge is 0.355 e. The number of aromatic amines is 1. The molecule has 2 heterocycles. The highest BCUT2D eigenvalue weighted by Crippen LogP contribution is 2.24. The van der Waals surface area contributed by atoms with Gasteiger partial charge >= 0.3 is 0 Å². The first-order valence-corrected chi connectivity index (χ1v) is 5.59. The summed E-state index contributed by atoms with van der Waals surface area (Å²) in [5.74, 6) is 0. The van der Waals surface area contributed by atoms with E-state index in [-0.39, 0.29) is 0 Å². The van der Waals surface area contributed by atoms with E-state index in [0.29, 0.717) is 0 Å². The molecule has 0 atom stereocenters. The summed E-state index contributed by atoms with van der Waals surface area (Å²) in [5.41, 5.74) is 4.32. The topological polar surface area (TPSA) is 40.7 Å². The summed E-state index contributed by atoms with van der Waals surface area (Å²) in [6.45, 7) is 2.08. The average Bonchev–Trinajstić information content (AvgIpc) is 2.81. The molecule has 17 heavy (non-hydrogen) atoms. The molecule has 3 heteroatoms. The standard InChI is InChI=1S/C14H13N3/c1-10-2-4-11(5-3-10)17-13-7-9-16-14-12(13)6-8-15-14/h2-9H,1H3,(H2,15,16,17). The maximum absolute atomic E-state index is 4.26. The third kappa shape index (κ3) is 1.87. The van der Waals surface area contributed by atoms with Gasteiger partial charge < -0.3 is 10.3 Å². The molecule has 2 N–H and O–H groups in total. The number of pyridine rings is 1. The Kier molecular flexibility index (Phi) is 2.29. The van der Waals surface area contributed by atoms with Crippen molar-refractivity contribution in [3.63, 3.8) is 0 Å². The SMILES string of the molecule is Cc1ccc(Nc2ccnc3[nH]ccc23)cc1. The number of H-pyrrole nitrogens is 1. The molecular weight excluding hydrogens is 210 g/mol. The van der Waals surface area contributed by atoms with Crippen molar-refractivity contribution < 1.29 is 0 Å². The molecule has 0 saturated heterocycles. The maximum Gasteiger partial charge on any atom is 0.139 e. The first-order chi connectivity index (χ1) is 8.33. The molecule has 2 aromatic heterocycles. The second-order valence-electron chi connectivity index (χ2n) is 4.09. The predicted molar refractivity (Wildman–Crippen MR) is 70.6 cm³/mol. The fraction of sp³-hybridized carbons (Fsp3) is 0.0714. The molecule has 0 unspecified atom stereocenters. The number of aromatic nitrogens is 2. The van der Waals surface area contributed by atoms with Crippen LogP contribution in [0, 0.1) is 6.92 Å². The van der Waals surface area contributed by atoms with Gasteiger partial charge in [0.15, 0.2) is 0 Å². The number of benzene rings is 1. The Morgan fingerprint density at radius 2 is 1.88 bits per heavy atom. The van der Waals surface area contributed by atoms with Crippen LogP contribution in [-0.4, -0.2) is 9.97 Å². The first kappa shape index (κ1) is 9.90. The molecule has 0 spiro atoms. The lowest BCUT2D eigenvalue weighted by atomic mass is 10.2. The minimum atomic E-state index is 0.905. The molecule has 0 amide bonds. The highest BCUT2D eigenvalue weighted by molar-refractivity contribution is 5.91. The summed E-state index contributed by atoms with van der Waals surface area (Å²) in [5, 5.41) is 4.50. The molecule has 3 rings (SSSR count). The van der Waals surface area contributed by atoms with Gasteiger partial charge in [-0.1, -0.05) is 17.7 Å². The van der Waals surface area contributed by atoms with Crippen LogP contribution < -0.4 is 5.32 Å². The summed E-state index contributed by atoms with van der Waals surface area (Å²) in [7, 11) is 0. The summed E-state index contributed by atoms with van der Waals surface area (Å²) in [6, 6.07) is 12.4. The lowest BCUT2D eigenvalue weighted by Crippen LogP contribution is -1.91. The van der Waals surface area contributed by atoms with E-state index in [1.54, 1.807) is 6.20 Å². The van der Waals surface area contributed by atoms with Crippen LogP contribution in [0.4, 0.5) is 11.4 Å². The predicted octanol–water partition coefficient (Wildman–Crippen LogP) is 3.61. The molecule has 84 valence electrons. The van der Waals surface area contributed by atoms with E-state index in [1.165, 1.54) is 5.56 Å². The van der Waals surface area contributed by atoms with Gasteiger partial charge in [0.05, 0.1) is 5.69 Å². The van der Waals surface area contributed by atoms with Crippen LogP contribution in [0.15, 0.2) is 48.8 Å². The van der Waals surface area contributed by atoms with Gasteiger partial charge in [0.1, 0.15) is 5.65 Å². The zero-order valence-corrected chi connectivity index (χ0v) is 9.57. The molecule has 0 aliphatic heterocycles. The van der Waals surface area contributed by atoms with Crippen molar-refractivity contribution in [2.24, 2.45) is 0 Å². The van der Waals surface area contributed by atoms with Crippen molar-refractivity contribution >= 4 is 22.4 Å². The summed E-state index contributed by atoms with van der Waals surface area (Å²) in [4.78, 5) is 7.37. The molecule has 3 aromatic rings. The fourth-order valence-electron chi connectivity index (χ4n) is 1.86. The average molecular weight is 223 g/mol. The Hall–Kier alpha value is -2.29. The van der Waals surface area contributed by atoms with E-state index in [1.807, 2.05) is 18.3 Å². The molecule has 0 saturated carbocycles. The Balaban J connectivity index is 1.99. The monoisotopic (exact) mass is 223 g/mol. The number of nitrogens with zero attached hydrogens (tertiary/aromatic N) is 1. The van der Waals surface area contributed by atoms with Crippen LogP contribution in [0.1, 0.15) is 5.56 Å². The Bertz CT molecular complexity index is 638. The quantitative estimate of drug-likeness (QED) is 0.696. The van der Waals surface area contributed by atoms with Crippen molar-refractivity contribution in [1.29, 1.82) is 0 Å². The minimum absolute atomic E-state index is 0.905. The molecule has 0 bridgehead atoms. The summed E-state index contributed by atoms with van der Waals surface area (Å²) >= 11 is 0. The molecule has 0 aliphatic rings. The molecular formula is C14H13N3. The molecule has 0 radical (unpaired) electrons. The number of fused-ring (bicyclic) bond motifs is 1. The highest BCUT2D eigenvalue weighted by Gasteiger charge is 2.02. The van der Waals surface area contributed by atoms with Crippen molar-refractivity contribution in [3.05, 3.63) is 54.4 Å². The zero-order valence-electron chi connectivity index (χ0n) is 9.57. The van der Waals surface area contributed by atoms with Gasteiger partial charge in [0.2, 0.25) is 0 Å². The molecule has 1 aromatic carbocycles. The van der Waals surface area contributed by atoms with Gasteiger partial charge in [-0.15, -0.1) is 0 Å². The number of hydrogen-bond acceptors (Lipinski definition) is 2. The third-order valence-electron chi connectivity index (χ3n) is 2.79. The maximum atomic E-state index is 4.26. The van der Waals surface area contributed by atoms with Gasteiger partial charge in [-0.3, -0.25) is 0 Å². The normalized spacial score (nSPS) is 10.6. The van der Waals surface area contributed by atoms with E-state index in [9.17, 15) is 0 Å². The number of nitrogens with one attached hydrogen (secondary N) is 2. The molecule has 0 fully saturated rings. The van der Waals surface area contributed by atoms with E-state index in [0.717, 1.165) is 22.4 Å². The number of aryl methyl sites for hydroxylation is 1. The number of hydrogen-bond donors (Lipinski definition) is 2. The minimum Gasteiger partial charge on any atom is -0.355 e. The van der Waals surface area contributed by atoms with E-state index in [4.69, 9.17) is 0 Å². The van der Waals surface area contributed by atoms with Gasteiger partial charge in [0.25, 0.3) is 0 Å². The second kappa shape index (κ2) is 3.94. The van der Waals surface area contributed by atoms with E-state index >= 15 is 0 Å². The van der Waals surface area contributed by atoms with Crippen LogP contribution in [0.2, 0.25) is 0 Å². The lowest BCUT2D eigenvalue weighted by molar-refractivity contribution is 1.32.